The number of aryl methyl sites for hydroxylation is 1. The molecule has 0 atom stereocenters. The second-order valence-corrected chi connectivity index (χ2v) is 7.25. The molecule has 0 heterocycles. The van der Waals surface area contributed by atoms with Crippen LogP contribution in [0.4, 0.5) is 0 Å². The Morgan fingerprint density at radius 2 is 1.93 bits per heavy atom. The second-order valence-electron chi connectivity index (χ2n) is 7.25. The summed E-state index contributed by atoms with van der Waals surface area (Å²) < 4.78 is 5.62. The Bertz CT molecular complexity index is 853. The molecule has 0 saturated heterocycles. The number of carbonyl (C=O) groups is 1. The lowest BCUT2D eigenvalue weighted by Crippen LogP contribution is -2.36. The SMILES string of the molecule is CCNC(=NCc1cccc(OCC(=O)NC2CC2)c1)NCc1ccccc1C.I. The van der Waals surface area contributed by atoms with Crippen LogP contribution in [-0.2, 0) is 17.9 Å². The number of hydrogen-bond donors (Lipinski definition) is 3. The first-order chi connectivity index (χ1) is 14.1. The largest absolute Gasteiger partial charge is 0.484 e. The third-order valence-corrected chi connectivity index (χ3v) is 4.68. The molecule has 7 heteroatoms. The normalized spacial score (nSPS) is 13.2. The van der Waals surface area contributed by atoms with Gasteiger partial charge in [0.25, 0.3) is 5.91 Å². The van der Waals surface area contributed by atoms with Crippen molar-refractivity contribution in [3.63, 3.8) is 0 Å². The van der Waals surface area contributed by atoms with Crippen LogP contribution in [-0.4, -0.2) is 31.1 Å². The van der Waals surface area contributed by atoms with Crippen LogP contribution >= 0.6 is 24.0 Å². The van der Waals surface area contributed by atoms with Crippen LogP contribution in [0.2, 0.25) is 0 Å². The Hall–Kier alpha value is -2.29. The summed E-state index contributed by atoms with van der Waals surface area (Å²) in [5.41, 5.74) is 3.53. The first-order valence-corrected chi connectivity index (χ1v) is 10.2. The molecular weight excluding hydrogens is 491 g/mol. The minimum atomic E-state index is -0.0641. The molecule has 1 amide bonds. The average molecular weight is 522 g/mol. The molecule has 0 unspecified atom stereocenters. The lowest BCUT2D eigenvalue weighted by molar-refractivity contribution is -0.123. The Morgan fingerprint density at radius 1 is 1.13 bits per heavy atom. The molecule has 0 radical (unpaired) electrons. The predicted molar refractivity (Wildman–Crippen MR) is 131 cm³/mol. The van der Waals surface area contributed by atoms with E-state index in [1.54, 1.807) is 0 Å². The molecule has 3 N–H and O–H groups in total. The fraction of sp³-hybridized carbons (Fsp3) is 0.391. The number of halogens is 1. The molecule has 162 valence electrons. The monoisotopic (exact) mass is 522 g/mol. The van der Waals surface area contributed by atoms with E-state index in [0.717, 1.165) is 37.5 Å². The van der Waals surface area contributed by atoms with Crippen molar-refractivity contribution in [3.05, 3.63) is 65.2 Å². The first kappa shape index (κ1) is 24.0. The molecular formula is C23H31IN4O2. The average Bonchev–Trinajstić information content (AvgIpc) is 3.54. The van der Waals surface area contributed by atoms with Gasteiger partial charge in [-0.1, -0.05) is 36.4 Å². The van der Waals surface area contributed by atoms with E-state index in [4.69, 9.17) is 4.74 Å². The van der Waals surface area contributed by atoms with Crippen molar-refractivity contribution < 1.29 is 9.53 Å². The fourth-order valence-electron chi connectivity index (χ4n) is 2.88. The molecule has 0 aromatic heterocycles. The van der Waals surface area contributed by atoms with Crippen LogP contribution in [0.25, 0.3) is 0 Å². The number of nitrogens with one attached hydrogen (secondary N) is 3. The smallest absolute Gasteiger partial charge is 0.258 e. The number of carbonyl (C=O) groups excluding carboxylic acids is 1. The van der Waals surface area contributed by atoms with Crippen molar-refractivity contribution in [1.29, 1.82) is 0 Å². The number of hydrogen-bond acceptors (Lipinski definition) is 3. The Balaban J connectivity index is 0.00000320. The lowest BCUT2D eigenvalue weighted by Gasteiger charge is -2.13. The Kier molecular flexibility index (Phi) is 9.93. The molecule has 0 spiro atoms. The van der Waals surface area contributed by atoms with Crippen molar-refractivity contribution in [2.45, 2.75) is 45.8 Å². The summed E-state index contributed by atoms with van der Waals surface area (Å²) in [6.45, 7) is 6.23. The zero-order valence-corrected chi connectivity index (χ0v) is 19.9. The standard InChI is InChI=1S/C23H30N4O2.HI/c1-3-24-23(26-15-19-9-5-4-7-17(19)2)25-14-18-8-6-10-21(13-18)29-16-22(28)27-20-11-12-20;/h4-10,13,20H,3,11-12,14-16H2,1-2H3,(H,27,28)(H2,24,25,26);1H. The van der Waals surface area contributed by atoms with Crippen molar-refractivity contribution in [1.82, 2.24) is 16.0 Å². The minimum Gasteiger partial charge on any atom is -0.484 e. The molecule has 2 aromatic rings. The van der Waals surface area contributed by atoms with Crippen molar-refractivity contribution in [3.8, 4) is 5.75 Å². The van der Waals surface area contributed by atoms with Crippen molar-refractivity contribution >= 4 is 35.8 Å². The van der Waals surface area contributed by atoms with Crippen LogP contribution in [0.1, 0.15) is 36.5 Å². The van der Waals surface area contributed by atoms with Gasteiger partial charge in [0, 0.05) is 19.1 Å². The molecule has 0 aliphatic heterocycles. The summed E-state index contributed by atoms with van der Waals surface area (Å²) in [4.78, 5) is 16.4. The molecule has 6 nitrogen and oxygen atoms in total. The highest BCUT2D eigenvalue weighted by Gasteiger charge is 2.23. The third kappa shape index (κ3) is 8.22. The molecule has 1 aliphatic rings. The molecule has 2 aromatic carbocycles. The maximum Gasteiger partial charge on any atom is 0.258 e. The van der Waals surface area contributed by atoms with Gasteiger partial charge in [-0.2, -0.15) is 0 Å². The van der Waals surface area contributed by atoms with Crippen LogP contribution in [0, 0.1) is 6.92 Å². The Labute approximate surface area is 195 Å². The molecule has 1 saturated carbocycles. The number of ether oxygens (including phenoxy) is 1. The van der Waals surface area contributed by atoms with Gasteiger partial charge in [-0.3, -0.25) is 4.79 Å². The van der Waals surface area contributed by atoms with Gasteiger partial charge in [-0.05, 0) is 55.5 Å². The van der Waals surface area contributed by atoms with E-state index in [2.05, 4.69) is 40.0 Å². The maximum atomic E-state index is 11.8. The summed E-state index contributed by atoms with van der Waals surface area (Å²) >= 11 is 0. The van der Waals surface area contributed by atoms with E-state index in [1.165, 1.54) is 11.1 Å². The summed E-state index contributed by atoms with van der Waals surface area (Å²) in [5, 5.41) is 9.58. The number of benzene rings is 2. The van der Waals surface area contributed by atoms with Gasteiger partial charge < -0.3 is 20.7 Å². The molecule has 30 heavy (non-hydrogen) atoms. The fourth-order valence-corrected chi connectivity index (χ4v) is 2.88. The molecule has 1 aliphatic carbocycles. The predicted octanol–water partition coefficient (Wildman–Crippen LogP) is 3.53. The quantitative estimate of drug-likeness (QED) is 0.268. The number of aliphatic imine (C=N–C) groups is 1. The summed E-state index contributed by atoms with van der Waals surface area (Å²) in [6, 6.07) is 16.4. The van der Waals surface area contributed by atoms with E-state index >= 15 is 0 Å². The third-order valence-electron chi connectivity index (χ3n) is 4.68. The number of amides is 1. The first-order valence-electron chi connectivity index (χ1n) is 10.2. The minimum absolute atomic E-state index is 0. The highest BCUT2D eigenvalue weighted by molar-refractivity contribution is 14.0. The van der Waals surface area contributed by atoms with E-state index in [1.807, 2.05) is 43.3 Å². The highest BCUT2D eigenvalue weighted by atomic mass is 127. The topological polar surface area (TPSA) is 74.8 Å². The van der Waals surface area contributed by atoms with Gasteiger partial charge in [0.1, 0.15) is 5.75 Å². The van der Waals surface area contributed by atoms with Gasteiger partial charge >= 0.3 is 0 Å². The zero-order valence-electron chi connectivity index (χ0n) is 17.6. The van der Waals surface area contributed by atoms with E-state index < -0.39 is 0 Å². The molecule has 1 fully saturated rings. The van der Waals surface area contributed by atoms with E-state index in [0.29, 0.717) is 18.3 Å². The van der Waals surface area contributed by atoms with Crippen LogP contribution < -0.4 is 20.7 Å². The number of nitrogens with zero attached hydrogens (tertiary/aromatic N) is 1. The highest BCUT2D eigenvalue weighted by Crippen LogP contribution is 2.18. The summed E-state index contributed by atoms with van der Waals surface area (Å²) in [7, 11) is 0. The summed E-state index contributed by atoms with van der Waals surface area (Å²) in [5.74, 6) is 1.39. The lowest BCUT2D eigenvalue weighted by atomic mass is 10.1. The van der Waals surface area contributed by atoms with Crippen LogP contribution in [0.5, 0.6) is 5.75 Å². The van der Waals surface area contributed by atoms with Gasteiger partial charge in [0.15, 0.2) is 12.6 Å². The van der Waals surface area contributed by atoms with Gasteiger partial charge in [0.2, 0.25) is 0 Å². The molecule has 3 rings (SSSR count). The van der Waals surface area contributed by atoms with Gasteiger partial charge in [-0.15, -0.1) is 24.0 Å². The zero-order chi connectivity index (χ0) is 20.5. The number of guanidine groups is 1. The van der Waals surface area contributed by atoms with E-state index in [-0.39, 0.29) is 36.5 Å². The Morgan fingerprint density at radius 3 is 2.67 bits per heavy atom. The van der Waals surface area contributed by atoms with E-state index in [9.17, 15) is 4.79 Å². The molecule has 0 bridgehead atoms. The van der Waals surface area contributed by atoms with Gasteiger partial charge in [0.05, 0.1) is 6.54 Å². The second kappa shape index (κ2) is 12.4. The van der Waals surface area contributed by atoms with Crippen molar-refractivity contribution in [2.24, 2.45) is 4.99 Å². The maximum absolute atomic E-state index is 11.8. The van der Waals surface area contributed by atoms with Crippen molar-refractivity contribution in [2.75, 3.05) is 13.2 Å². The van der Waals surface area contributed by atoms with Crippen LogP contribution in [0.3, 0.4) is 0 Å². The summed E-state index contributed by atoms with van der Waals surface area (Å²) in [6.07, 6.45) is 2.15. The van der Waals surface area contributed by atoms with Crippen LogP contribution in [0.15, 0.2) is 53.5 Å². The van der Waals surface area contributed by atoms with Gasteiger partial charge in [-0.25, -0.2) is 4.99 Å². The number of rotatable bonds is 9.